The number of phenolic OH excluding ortho intramolecular Hbond substituents is 1. The summed E-state index contributed by atoms with van der Waals surface area (Å²) in [6, 6.07) is 4.86. The minimum Gasteiger partial charge on any atom is -0.508 e. The fourth-order valence-electron chi connectivity index (χ4n) is 2.24. The lowest BCUT2D eigenvalue weighted by atomic mass is 10.0. The number of nitrogens with zero attached hydrogens (tertiary/aromatic N) is 2. The lowest BCUT2D eigenvalue weighted by Gasteiger charge is -2.32. The zero-order valence-electron chi connectivity index (χ0n) is 11.8. The van der Waals surface area contributed by atoms with Crippen molar-refractivity contribution in [3.05, 3.63) is 29.8 Å². The van der Waals surface area contributed by atoms with Gasteiger partial charge < -0.3 is 10.2 Å². The van der Waals surface area contributed by atoms with E-state index in [4.69, 9.17) is 0 Å². The molecule has 0 radical (unpaired) electrons. The number of phenols is 1. The van der Waals surface area contributed by atoms with Gasteiger partial charge in [0, 0.05) is 17.7 Å². The van der Waals surface area contributed by atoms with Crippen LogP contribution in [0.5, 0.6) is 5.75 Å². The van der Waals surface area contributed by atoms with Crippen LogP contribution in [0.25, 0.3) is 0 Å². The number of hydrogen-bond acceptors (Lipinski definition) is 4. The first-order valence-electron chi connectivity index (χ1n) is 6.68. The minimum atomic E-state index is -5.04. The molecule has 1 aliphatic heterocycles. The summed E-state index contributed by atoms with van der Waals surface area (Å²) in [5.74, 6) is -1.39. The molecular formula is C14H15F3N2O3. The van der Waals surface area contributed by atoms with E-state index in [-0.39, 0.29) is 28.5 Å². The van der Waals surface area contributed by atoms with Gasteiger partial charge in [-0.2, -0.15) is 23.3 Å². The Morgan fingerprint density at radius 1 is 1.45 bits per heavy atom. The van der Waals surface area contributed by atoms with Crippen molar-refractivity contribution in [1.82, 2.24) is 5.01 Å². The molecule has 22 heavy (non-hydrogen) atoms. The van der Waals surface area contributed by atoms with Crippen LogP contribution < -0.4 is 0 Å². The van der Waals surface area contributed by atoms with Gasteiger partial charge in [0.25, 0.3) is 11.6 Å². The third-order valence-electron chi connectivity index (χ3n) is 3.32. The van der Waals surface area contributed by atoms with E-state index in [1.165, 1.54) is 18.2 Å². The number of aromatic hydroxyl groups is 1. The summed E-state index contributed by atoms with van der Waals surface area (Å²) >= 11 is 0. The molecule has 0 bridgehead atoms. The summed E-state index contributed by atoms with van der Waals surface area (Å²) in [5, 5.41) is 23.0. The fraction of sp³-hybridized carbons (Fsp3) is 0.429. The molecule has 1 unspecified atom stereocenters. The van der Waals surface area contributed by atoms with Crippen LogP contribution in [0.4, 0.5) is 13.2 Å². The van der Waals surface area contributed by atoms with E-state index in [9.17, 15) is 28.2 Å². The summed E-state index contributed by atoms with van der Waals surface area (Å²) in [7, 11) is 0. The molecule has 1 aromatic carbocycles. The summed E-state index contributed by atoms with van der Waals surface area (Å²) in [4.78, 5) is 12.3. The van der Waals surface area contributed by atoms with Crippen molar-refractivity contribution < 1.29 is 28.2 Å². The number of alkyl halides is 3. The molecule has 2 N–H and O–H groups in total. The number of hydrazone groups is 1. The molecule has 0 saturated heterocycles. The number of aliphatic hydroxyl groups is 1. The van der Waals surface area contributed by atoms with E-state index in [1.807, 2.05) is 0 Å². The Morgan fingerprint density at radius 2 is 2.14 bits per heavy atom. The summed E-state index contributed by atoms with van der Waals surface area (Å²) in [5.41, 5.74) is -3.44. The Bertz CT molecular complexity index is 616. The average molecular weight is 316 g/mol. The number of hydrogen-bond donors (Lipinski definition) is 2. The largest absolute Gasteiger partial charge is 0.508 e. The highest BCUT2D eigenvalue weighted by Gasteiger charge is 2.63. The Hall–Kier alpha value is -2.09. The van der Waals surface area contributed by atoms with Crippen molar-refractivity contribution in [2.75, 3.05) is 0 Å². The molecule has 1 aromatic rings. The molecule has 0 aliphatic carbocycles. The standard InChI is InChI=1S/C14H15F3N2O3/c1-2-4-10-8-13(22,14(15,16)17)19(18-10)12(21)9-5-3-6-11(20)7-9/h3,5-7,20,22H,2,4,8H2,1H3. The van der Waals surface area contributed by atoms with Crippen molar-refractivity contribution in [3.8, 4) is 5.75 Å². The number of carbonyl (C=O) groups is 1. The molecule has 120 valence electrons. The van der Waals surface area contributed by atoms with Gasteiger partial charge in [0.15, 0.2) is 0 Å². The van der Waals surface area contributed by atoms with Gasteiger partial charge in [-0.05, 0) is 24.6 Å². The fourth-order valence-corrected chi connectivity index (χ4v) is 2.24. The molecule has 5 nitrogen and oxygen atoms in total. The second-order valence-corrected chi connectivity index (χ2v) is 5.07. The highest BCUT2D eigenvalue weighted by molar-refractivity contribution is 5.98. The first-order valence-corrected chi connectivity index (χ1v) is 6.68. The molecule has 8 heteroatoms. The van der Waals surface area contributed by atoms with E-state index < -0.39 is 24.2 Å². The Kier molecular flexibility index (Phi) is 4.15. The number of carbonyl (C=O) groups excluding carboxylic acids is 1. The minimum absolute atomic E-state index is 0.0623. The van der Waals surface area contributed by atoms with Gasteiger partial charge >= 0.3 is 6.18 Å². The van der Waals surface area contributed by atoms with E-state index in [2.05, 4.69) is 5.10 Å². The van der Waals surface area contributed by atoms with Crippen molar-refractivity contribution in [2.24, 2.45) is 5.10 Å². The predicted octanol–water partition coefficient (Wildman–Crippen LogP) is 2.65. The maximum Gasteiger partial charge on any atom is 0.438 e. The zero-order valence-corrected chi connectivity index (χ0v) is 11.8. The third kappa shape index (κ3) is 2.78. The number of halogens is 3. The van der Waals surface area contributed by atoms with Gasteiger partial charge in [0.2, 0.25) is 0 Å². The van der Waals surface area contributed by atoms with Gasteiger partial charge in [-0.25, -0.2) is 0 Å². The van der Waals surface area contributed by atoms with E-state index in [0.29, 0.717) is 6.42 Å². The van der Waals surface area contributed by atoms with Crippen molar-refractivity contribution in [1.29, 1.82) is 0 Å². The SMILES string of the molecule is CCCC1=NN(C(=O)c2cccc(O)c2)C(O)(C(F)(F)F)C1. The Balaban J connectivity index is 2.41. The molecule has 0 saturated carbocycles. The summed E-state index contributed by atoms with van der Waals surface area (Å²) in [6.45, 7) is 1.76. The highest BCUT2D eigenvalue weighted by Crippen LogP contribution is 2.41. The van der Waals surface area contributed by atoms with Crippen LogP contribution >= 0.6 is 0 Å². The second kappa shape index (κ2) is 5.60. The van der Waals surface area contributed by atoms with Crippen LogP contribution in [0.15, 0.2) is 29.4 Å². The van der Waals surface area contributed by atoms with Crippen LogP contribution in [0.1, 0.15) is 36.5 Å². The first-order chi connectivity index (χ1) is 10.2. The van der Waals surface area contributed by atoms with Crippen LogP contribution in [0.2, 0.25) is 0 Å². The summed E-state index contributed by atoms with van der Waals surface area (Å²) < 4.78 is 39.6. The van der Waals surface area contributed by atoms with Crippen molar-refractivity contribution in [3.63, 3.8) is 0 Å². The predicted molar refractivity (Wildman–Crippen MR) is 72.2 cm³/mol. The van der Waals surface area contributed by atoms with E-state index in [1.54, 1.807) is 6.92 Å². The quantitative estimate of drug-likeness (QED) is 0.900. The monoisotopic (exact) mass is 316 g/mol. The van der Waals surface area contributed by atoms with Gasteiger partial charge in [-0.15, -0.1) is 0 Å². The molecule has 0 aromatic heterocycles. The smallest absolute Gasteiger partial charge is 0.438 e. The zero-order chi connectivity index (χ0) is 16.5. The average Bonchev–Trinajstić information content (AvgIpc) is 2.76. The molecule has 1 heterocycles. The van der Waals surface area contributed by atoms with Gasteiger partial charge in [0.1, 0.15) is 5.75 Å². The van der Waals surface area contributed by atoms with E-state index in [0.717, 1.165) is 6.07 Å². The first kappa shape index (κ1) is 16.3. The Labute approximate surface area is 124 Å². The number of rotatable bonds is 3. The molecule has 1 atom stereocenters. The third-order valence-corrected chi connectivity index (χ3v) is 3.32. The van der Waals surface area contributed by atoms with Crippen LogP contribution in [-0.2, 0) is 0 Å². The van der Waals surface area contributed by atoms with Crippen molar-refractivity contribution in [2.45, 2.75) is 38.1 Å². The van der Waals surface area contributed by atoms with E-state index >= 15 is 0 Å². The molecule has 2 rings (SSSR count). The molecular weight excluding hydrogens is 301 g/mol. The lowest BCUT2D eigenvalue weighted by Crippen LogP contribution is -2.56. The van der Waals surface area contributed by atoms with Crippen LogP contribution in [0, 0.1) is 0 Å². The van der Waals surface area contributed by atoms with Crippen LogP contribution in [0.3, 0.4) is 0 Å². The second-order valence-electron chi connectivity index (χ2n) is 5.07. The maximum atomic E-state index is 13.2. The highest BCUT2D eigenvalue weighted by atomic mass is 19.4. The van der Waals surface area contributed by atoms with Gasteiger partial charge in [-0.3, -0.25) is 4.79 Å². The maximum absolute atomic E-state index is 13.2. The van der Waals surface area contributed by atoms with Crippen LogP contribution in [-0.4, -0.2) is 38.7 Å². The molecule has 0 fully saturated rings. The Morgan fingerprint density at radius 3 is 2.68 bits per heavy atom. The van der Waals surface area contributed by atoms with Crippen molar-refractivity contribution >= 4 is 11.6 Å². The van der Waals surface area contributed by atoms with Gasteiger partial charge in [-0.1, -0.05) is 19.4 Å². The topological polar surface area (TPSA) is 73.1 Å². The number of amides is 1. The lowest BCUT2D eigenvalue weighted by molar-refractivity contribution is -0.297. The molecule has 1 aliphatic rings. The number of benzene rings is 1. The molecule has 0 spiro atoms. The normalized spacial score (nSPS) is 21.9. The molecule has 1 amide bonds. The van der Waals surface area contributed by atoms with Gasteiger partial charge in [0.05, 0.1) is 0 Å². The summed E-state index contributed by atoms with van der Waals surface area (Å²) in [6.07, 6.45) is -5.02.